The second kappa shape index (κ2) is 6.51. The summed E-state index contributed by atoms with van der Waals surface area (Å²) in [6, 6.07) is 7.40. The van der Waals surface area contributed by atoms with Crippen molar-refractivity contribution < 1.29 is 26.1 Å². The average Bonchev–Trinajstić information content (AvgIpc) is 2.49. The zero-order chi connectivity index (χ0) is 18.1. The number of hydrogen-bond acceptors (Lipinski definition) is 7. The lowest BCUT2D eigenvalue weighted by atomic mass is 9.98. The first kappa shape index (κ1) is 17.8. The highest BCUT2D eigenvalue weighted by atomic mass is 32.2. The van der Waals surface area contributed by atoms with Crippen LogP contribution in [0.4, 0.5) is 11.4 Å². The first-order valence-electron chi connectivity index (χ1n) is 6.42. The molecule has 2 aromatic rings. The number of anilines is 2. The van der Waals surface area contributed by atoms with Crippen LogP contribution in [0.1, 0.15) is 5.56 Å². The molecule has 0 aliphatic heterocycles. The van der Waals surface area contributed by atoms with Gasteiger partial charge in [0.2, 0.25) is 10.3 Å². The largest absolute Gasteiger partial charge is 0.496 e. The van der Waals surface area contributed by atoms with Crippen molar-refractivity contribution in [1.82, 2.24) is 0 Å². The number of nitrogen functional groups attached to an aromatic ring is 2. The molecule has 0 unspecified atom stereocenters. The van der Waals surface area contributed by atoms with Crippen LogP contribution in [-0.4, -0.2) is 33.9 Å². The highest BCUT2D eigenvalue weighted by molar-refractivity contribution is 7.86. The Bertz CT molecular complexity index is 1040. The molecule has 0 spiro atoms. The SMILES string of the molecule is COc1ccccc1-c1c(N)c(C=S(=O)=O)cc(S(=O)(=O)O)c1N. The van der Waals surface area contributed by atoms with E-state index in [4.69, 9.17) is 16.2 Å². The van der Waals surface area contributed by atoms with Gasteiger partial charge >= 0.3 is 0 Å². The number of benzene rings is 2. The summed E-state index contributed by atoms with van der Waals surface area (Å²) < 4.78 is 59.6. The second-order valence-electron chi connectivity index (χ2n) is 4.72. The smallest absolute Gasteiger partial charge is 0.296 e. The first-order chi connectivity index (χ1) is 11.2. The number of hydrogen-bond donors (Lipinski definition) is 3. The van der Waals surface area contributed by atoms with Crippen molar-refractivity contribution in [3.8, 4) is 16.9 Å². The molecule has 5 N–H and O–H groups in total. The topological polar surface area (TPSA) is 150 Å². The minimum absolute atomic E-state index is 0.0549. The van der Waals surface area contributed by atoms with Gasteiger partial charge in [0.15, 0.2) is 0 Å². The Morgan fingerprint density at radius 1 is 1.17 bits per heavy atom. The Morgan fingerprint density at radius 2 is 1.79 bits per heavy atom. The fourth-order valence-corrected chi connectivity index (χ4v) is 3.32. The summed E-state index contributed by atoms with van der Waals surface area (Å²) in [6.07, 6.45) is 0. The van der Waals surface area contributed by atoms with E-state index in [2.05, 4.69) is 0 Å². The van der Waals surface area contributed by atoms with Gasteiger partial charge in [-0.1, -0.05) is 18.2 Å². The second-order valence-corrected chi connectivity index (χ2v) is 6.87. The van der Waals surface area contributed by atoms with Crippen LogP contribution in [0.5, 0.6) is 5.75 Å². The summed E-state index contributed by atoms with van der Waals surface area (Å²) in [4.78, 5) is -0.644. The molecule has 8 nitrogen and oxygen atoms in total. The molecule has 0 heterocycles. The molecule has 2 aromatic carbocycles. The van der Waals surface area contributed by atoms with E-state index < -0.39 is 25.3 Å². The predicted octanol–water partition coefficient (Wildman–Crippen LogP) is 0.803. The summed E-state index contributed by atoms with van der Waals surface area (Å²) in [7, 11) is -5.94. The third-order valence-corrected chi connectivity index (χ3v) is 4.62. The standard InChI is InChI=1S/C14H14N2O6S2/c1-22-10-5-3-2-4-9(10)12-13(15)8(7-23(17)18)6-11(14(12)16)24(19,20)21/h2-7H,15-16H2,1H3,(H,19,20,21). The molecule has 0 atom stereocenters. The van der Waals surface area contributed by atoms with Gasteiger partial charge in [-0.15, -0.1) is 0 Å². The molecule has 0 aromatic heterocycles. The van der Waals surface area contributed by atoms with E-state index in [0.29, 0.717) is 11.3 Å². The van der Waals surface area contributed by atoms with E-state index in [1.165, 1.54) is 7.11 Å². The zero-order valence-electron chi connectivity index (χ0n) is 12.4. The lowest BCUT2D eigenvalue weighted by Gasteiger charge is -2.17. The van der Waals surface area contributed by atoms with Crippen molar-refractivity contribution in [3.63, 3.8) is 0 Å². The number of para-hydroxylation sites is 1. The van der Waals surface area contributed by atoms with Gasteiger partial charge in [-0.05, 0) is 12.1 Å². The van der Waals surface area contributed by atoms with Crippen LogP contribution in [0.15, 0.2) is 35.2 Å². The predicted molar refractivity (Wildman–Crippen MR) is 91.2 cm³/mol. The van der Waals surface area contributed by atoms with Crippen LogP contribution in [0.3, 0.4) is 0 Å². The highest BCUT2D eigenvalue weighted by Gasteiger charge is 2.23. The van der Waals surface area contributed by atoms with Crippen LogP contribution in [0.25, 0.3) is 11.1 Å². The van der Waals surface area contributed by atoms with Gasteiger partial charge in [0.05, 0.1) is 23.9 Å². The van der Waals surface area contributed by atoms with Gasteiger partial charge in [-0.2, -0.15) is 16.8 Å². The van der Waals surface area contributed by atoms with Crippen molar-refractivity contribution in [2.24, 2.45) is 0 Å². The van der Waals surface area contributed by atoms with E-state index >= 15 is 0 Å². The van der Waals surface area contributed by atoms with E-state index in [1.54, 1.807) is 24.3 Å². The fraction of sp³-hybridized carbons (Fsp3) is 0.0714. The summed E-state index contributed by atoms with van der Waals surface area (Å²) in [6.45, 7) is 0. The Labute approximate surface area is 140 Å². The van der Waals surface area contributed by atoms with E-state index in [-0.39, 0.29) is 22.5 Å². The van der Waals surface area contributed by atoms with Crippen LogP contribution in [0, 0.1) is 0 Å². The number of methoxy groups -OCH3 is 1. The molecular weight excluding hydrogens is 356 g/mol. The third-order valence-electron chi connectivity index (χ3n) is 3.28. The fourth-order valence-electron chi connectivity index (χ4n) is 2.27. The molecule has 24 heavy (non-hydrogen) atoms. The quantitative estimate of drug-likeness (QED) is 0.406. The molecule has 0 saturated heterocycles. The summed E-state index contributed by atoms with van der Waals surface area (Å²) in [5.74, 6) is 0.345. The minimum Gasteiger partial charge on any atom is -0.496 e. The Balaban J connectivity index is 3.02. The first-order valence-corrected chi connectivity index (χ1v) is 9.00. The number of ether oxygens (including phenoxy) is 1. The summed E-state index contributed by atoms with van der Waals surface area (Å²) in [5.41, 5.74) is 11.8. The van der Waals surface area contributed by atoms with Crippen molar-refractivity contribution in [3.05, 3.63) is 35.9 Å². The number of rotatable bonds is 4. The molecule has 0 radical (unpaired) electrons. The van der Waals surface area contributed by atoms with Crippen molar-refractivity contribution >= 4 is 37.2 Å². The zero-order valence-corrected chi connectivity index (χ0v) is 14.1. The third kappa shape index (κ3) is 3.35. The molecule has 128 valence electrons. The van der Waals surface area contributed by atoms with E-state index in [0.717, 1.165) is 11.4 Å². The molecule has 0 aliphatic rings. The lowest BCUT2D eigenvalue weighted by molar-refractivity contribution is 0.416. The van der Waals surface area contributed by atoms with Gasteiger partial charge in [-0.3, -0.25) is 4.55 Å². The van der Waals surface area contributed by atoms with E-state index in [1.807, 2.05) is 0 Å². The maximum Gasteiger partial charge on any atom is 0.296 e. The van der Waals surface area contributed by atoms with Crippen molar-refractivity contribution in [1.29, 1.82) is 0 Å². The van der Waals surface area contributed by atoms with Crippen LogP contribution in [0.2, 0.25) is 0 Å². The van der Waals surface area contributed by atoms with Gasteiger partial charge in [-0.25, -0.2) is 0 Å². The van der Waals surface area contributed by atoms with Gasteiger partial charge < -0.3 is 16.2 Å². The number of nitrogens with two attached hydrogens (primary N) is 2. The lowest BCUT2D eigenvalue weighted by Crippen LogP contribution is -2.09. The van der Waals surface area contributed by atoms with E-state index in [9.17, 15) is 21.4 Å². The Hall–Kier alpha value is -2.56. The molecule has 0 bridgehead atoms. The molecule has 2 rings (SSSR count). The molecule has 10 heteroatoms. The molecule has 0 amide bonds. The Kier molecular flexibility index (Phi) is 4.83. The van der Waals surface area contributed by atoms with Crippen LogP contribution < -0.4 is 16.2 Å². The highest BCUT2D eigenvalue weighted by Crippen LogP contribution is 2.42. The van der Waals surface area contributed by atoms with Crippen LogP contribution >= 0.6 is 0 Å². The average molecular weight is 370 g/mol. The Morgan fingerprint density at radius 3 is 2.33 bits per heavy atom. The van der Waals surface area contributed by atoms with Gasteiger partial charge in [0.1, 0.15) is 10.6 Å². The molecule has 0 aliphatic carbocycles. The minimum atomic E-state index is -4.70. The molecule has 0 saturated carbocycles. The van der Waals surface area contributed by atoms with Crippen molar-refractivity contribution in [2.45, 2.75) is 4.90 Å². The maximum absolute atomic E-state index is 11.6. The normalized spacial score (nSPS) is 11.1. The molecule has 0 fully saturated rings. The molecular formula is C14H14N2O6S2. The van der Waals surface area contributed by atoms with Crippen LogP contribution in [-0.2, 0) is 20.4 Å². The monoisotopic (exact) mass is 370 g/mol. The van der Waals surface area contributed by atoms with Gasteiger partial charge in [0.25, 0.3) is 10.1 Å². The summed E-state index contributed by atoms with van der Waals surface area (Å²) >= 11 is 0. The maximum atomic E-state index is 11.6. The van der Waals surface area contributed by atoms with Crippen molar-refractivity contribution in [2.75, 3.05) is 18.6 Å². The summed E-state index contributed by atoms with van der Waals surface area (Å²) in [5, 5.41) is 0.725. The van der Waals surface area contributed by atoms with Gasteiger partial charge in [0, 0.05) is 16.7 Å².